The lowest BCUT2D eigenvalue weighted by molar-refractivity contribution is 0.327. The minimum absolute atomic E-state index is 0.399. The van der Waals surface area contributed by atoms with Crippen LogP contribution in [0.5, 0.6) is 17.4 Å². The second-order valence-electron chi connectivity index (χ2n) is 3.51. The van der Waals surface area contributed by atoms with Crippen molar-refractivity contribution >= 4 is 11.6 Å². The maximum absolute atomic E-state index is 5.77. The molecule has 0 atom stereocenters. The summed E-state index contributed by atoms with van der Waals surface area (Å²) in [5.74, 6) is 1.88. The average Bonchev–Trinajstić information content (AvgIpc) is 2.38. The number of ether oxygens (including phenoxy) is 2. The molecule has 0 saturated carbocycles. The molecule has 0 spiro atoms. The monoisotopic (exact) mass is 264 g/mol. The van der Waals surface area contributed by atoms with Crippen molar-refractivity contribution in [2.45, 2.75) is 0 Å². The Bertz CT molecular complexity index is 503. The normalized spacial score (nSPS) is 10.1. The van der Waals surface area contributed by atoms with E-state index in [9.17, 15) is 0 Å². The molecule has 2 aromatic rings. The van der Waals surface area contributed by atoms with E-state index in [1.54, 1.807) is 30.3 Å². The van der Waals surface area contributed by atoms with Gasteiger partial charge < -0.3 is 15.2 Å². The Labute approximate surface area is 110 Å². The van der Waals surface area contributed by atoms with E-state index in [-0.39, 0.29) is 0 Å². The number of halogens is 1. The number of pyridine rings is 1. The van der Waals surface area contributed by atoms with Crippen LogP contribution in [0.1, 0.15) is 0 Å². The van der Waals surface area contributed by atoms with Crippen molar-refractivity contribution in [2.24, 2.45) is 5.73 Å². The third-order valence-corrected chi connectivity index (χ3v) is 2.33. The minimum Gasteiger partial charge on any atom is -0.492 e. The van der Waals surface area contributed by atoms with E-state index in [0.29, 0.717) is 29.9 Å². The average molecular weight is 265 g/mol. The Hall–Kier alpha value is -1.78. The van der Waals surface area contributed by atoms with E-state index in [4.69, 9.17) is 26.8 Å². The van der Waals surface area contributed by atoms with Gasteiger partial charge in [0.2, 0.25) is 5.88 Å². The third-order valence-electron chi connectivity index (χ3n) is 2.12. The van der Waals surface area contributed by atoms with Gasteiger partial charge >= 0.3 is 0 Å². The summed E-state index contributed by atoms with van der Waals surface area (Å²) < 4.78 is 10.9. The Morgan fingerprint density at radius 2 is 1.78 bits per heavy atom. The van der Waals surface area contributed by atoms with Gasteiger partial charge in [-0.25, -0.2) is 4.98 Å². The van der Waals surface area contributed by atoms with E-state index in [1.807, 2.05) is 12.1 Å². The van der Waals surface area contributed by atoms with Gasteiger partial charge in [-0.1, -0.05) is 17.7 Å². The molecule has 5 heteroatoms. The zero-order chi connectivity index (χ0) is 12.8. The standard InChI is InChI=1S/C13H13ClN2O2/c14-12-2-1-3-13(16-12)18-11-6-4-10(5-7-11)17-9-8-15/h1-7H,8-9,15H2. The van der Waals surface area contributed by atoms with Gasteiger partial charge in [-0.2, -0.15) is 0 Å². The van der Waals surface area contributed by atoms with Crippen molar-refractivity contribution in [3.63, 3.8) is 0 Å². The summed E-state index contributed by atoms with van der Waals surface area (Å²) in [6.07, 6.45) is 0. The van der Waals surface area contributed by atoms with Crippen molar-refractivity contribution in [3.8, 4) is 17.4 Å². The smallest absolute Gasteiger partial charge is 0.220 e. The molecule has 0 bridgehead atoms. The van der Waals surface area contributed by atoms with E-state index in [0.717, 1.165) is 5.75 Å². The second-order valence-corrected chi connectivity index (χ2v) is 3.90. The molecule has 0 aliphatic carbocycles. The maximum atomic E-state index is 5.77. The molecule has 1 aromatic heterocycles. The number of aromatic nitrogens is 1. The van der Waals surface area contributed by atoms with Gasteiger partial charge in [-0.05, 0) is 30.3 Å². The lowest BCUT2D eigenvalue weighted by Gasteiger charge is -2.07. The van der Waals surface area contributed by atoms with Crippen LogP contribution < -0.4 is 15.2 Å². The number of hydrogen-bond acceptors (Lipinski definition) is 4. The van der Waals surface area contributed by atoms with Crippen LogP contribution in [-0.4, -0.2) is 18.1 Å². The summed E-state index contributed by atoms with van der Waals surface area (Å²) in [5, 5.41) is 0.399. The number of hydrogen-bond donors (Lipinski definition) is 1. The Morgan fingerprint density at radius 3 is 2.44 bits per heavy atom. The fourth-order valence-corrected chi connectivity index (χ4v) is 1.50. The Balaban J connectivity index is 2.02. The third kappa shape index (κ3) is 3.61. The summed E-state index contributed by atoms with van der Waals surface area (Å²) in [4.78, 5) is 4.04. The van der Waals surface area contributed by atoms with Gasteiger partial charge in [0, 0.05) is 12.6 Å². The molecular formula is C13H13ClN2O2. The minimum atomic E-state index is 0.399. The Kier molecular flexibility index (Phi) is 4.39. The lowest BCUT2D eigenvalue weighted by atomic mass is 10.3. The highest BCUT2D eigenvalue weighted by molar-refractivity contribution is 6.29. The first-order valence-corrected chi connectivity index (χ1v) is 5.89. The zero-order valence-corrected chi connectivity index (χ0v) is 10.4. The van der Waals surface area contributed by atoms with Crippen LogP contribution >= 0.6 is 11.6 Å². The molecule has 0 fully saturated rings. The molecule has 0 aliphatic rings. The van der Waals surface area contributed by atoms with Gasteiger partial charge in [-0.3, -0.25) is 0 Å². The largest absolute Gasteiger partial charge is 0.492 e. The summed E-state index contributed by atoms with van der Waals surface area (Å²) in [6.45, 7) is 0.987. The zero-order valence-electron chi connectivity index (χ0n) is 9.67. The van der Waals surface area contributed by atoms with E-state index in [1.165, 1.54) is 0 Å². The molecule has 1 aromatic carbocycles. The van der Waals surface area contributed by atoms with Gasteiger partial charge in [0.1, 0.15) is 23.3 Å². The predicted octanol–water partition coefficient (Wildman–Crippen LogP) is 2.86. The second kappa shape index (κ2) is 6.23. The van der Waals surface area contributed by atoms with Crippen LogP contribution in [0.4, 0.5) is 0 Å². The molecule has 2 rings (SSSR count). The van der Waals surface area contributed by atoms with Gasteiger partial charge in [0.15, 0.2) is 0 Å². The summed E-state index contributed by atoms with van der Waals surface area (Å²) in [7, 11) is 0. The number of rotatable bonds is 5. The van der Waals surface area contributed by atoms with Gasteiger partial charge in [0.05, 0.1) is 0 Å². The first-order valence-electron chi connectivity index (χ1n) is 5.51. The highest BCUT2D eigenvalue weighted by atomic mass is 35.5. The molecule has 1 heterocycles. The summed E-state index contributed by atoms with van der Waals surface area (Å²) >= 11 is 5.77. The van der Waals surface area contributed by atoms with Gasteiger partial charge in [0.25, 0.3) is 0 Å². The lowest BCUT2D eigenvalue weighted by Crippen LogP contribution is -2.10. The van der Waals surface area contributed by atoms with Crippen LogP contribution in [0, 0.1) is 0 Å². The molecule has 0 unspecified atom stereocenters. The highest BCUT2D eigenvalue weighted by Gasteiger charge is 2.00. The Morgan fingerprint density at radius 1 is 1.06 bits per heavy atom. The predicted molar refractivity (Wildman–Crippen MR) is 70.3 cm³/mol. The van der Waals surface area contributed by atoms with E-state index >= 15 is 0 Å². The number of nitrogens with zero attached hydrogens (tertiary/aromatic N) is 1. The number of nitrogens with two attached hydrogens (primary N) is 1. The van der Waals surface area contributed by atoms with Crippen LogP contribution in [0.3, 0.4) is 0 Å². The van der Waals surface area contributed by atoms with Crippen molar-refractivity contribution < 1.29 is 9.47 Å². The SMILES string of the molecule is NCCOc1ccc(Oc2cccc(Cl)n2)cc1. The number of benzene rings is 1. The molecule has 94 valence electrons. The van der Waals surface area contributed by atoms with Crippen molar-refractivity contribution in [3.05, 3.63) is 47.6 Å². The quantitative estimate of drug-likeness (QED) is 0.844. The van der Waals surface area contributed by atoms with Crippen LogP contribution in [0.15, 0.2) is 42.5 Å². The molecular weight excluding hydrogens is 252 g/mol. The molecule has 0 amide bonds. The summed E-state index contributed by atoms with van der Waals surface area (Å²) in [5.41, 5.74) is 5.35. The summed E-state index contributed by atoms with van der Waals surface area (Å²) in [6, 6.07) is 12.4. The molecule has 2 N–H and O–H groups in total. The first kappa shape index (κ1) is 12.7. The van der Waals surface area contributed by atoms with E-state index in [2.05, 4.69) is 4.98 Å². The molecule has 0 radical (unpaired) electrons. The topological polar surface area (TPSA) is 57.4 Å². The van der Waals surface area contributed by atoms with Crippen molar-refractivity contribution in [1.82, 2.24) is 4.98 Å². The van der Waals surface area contributed by atoms with Crippen LogP contribution in [0.2, 0.25) is 5.15 Å². The van der Waals surface area contributed by atoms with Crippen molar-refractivity contribution in [1.29, 1.82) is 0 Å². The highest BCUT2D eigenvalue weighted by Crippen LogP contribution is 2.23. The van der Waals surface area contributed by atoms with Crippen LogP contribution in [-0.2, 0) is 0 Å². The molecule has 4 nitrogen and oxygen atoms in total. The van der Waals surface area contributed by atoms with Crippen LogP contribution in [0.25, 0.3) is 0 Å². The molecule has 0 aliphatic heterocycles. The molecule has 18 heavy (non-hydrogen) atoms. The fourth-order valence-electron chi connectivity index (χ4n) is 1.35. The first-order chi connectivity index (χ1) is 8.78. The van der Waals surface area contributed by atoms with Gasteiger partial charge in [-0.15, -0.1) is 0 Å². The fraction of sp³-hybridized carbons (Fsp3) is 0.154. The van der Waals surface area contributed by atoms with Crippen molar-refractivity contribution in [2.75, 3.05) is 13.2 Å². The molecule has 0 saturated heterocycles. The maximum Gasteiger partial charge on any atom is 0.220 e. The van der Waals surface area contributed by atoms with E-state index < -0.39 is 0 Å².